The van der Waals surface area contributed by atoms with Crippen molar-refractivity contribution in [1.82, 2.24) is 4.57 Å². The molecule has 21 heavy (non-hydrogen) atoms. The fraction of sp³-hybridized carbons (Fsp3) is 0.214. The number of ketones is 1. The highest BCUT2D eigenvalue weighted by atomic mass is 32.2. The van der Waals surface area contributed by atoms with E-state index in [1.807, 2.05) is 12.1 Å². The van der Waals surface area contributed by atoms with Gasteiger partial charge in [-0.05, 0) is 24.3 Å². The van der Waals surface area contributed by atoms with Crippen molar-refractivity contribution in [2.24, 2.45) is 7.05 Å². The van der Waals surface area contributed by atoms with Crippen molar-refractivity contribution >= 4 is 23.2 Å². The average Bonchev–Trinajstić information content (AvgIpc) is 2.77. The Morgan fingerprint density at radius 1 is 1.33 bits per heavy atom. The van der Waals surface area contributed by atoms with Crippen LogP contribution in [0.3, 0.4) is 0 Å². The number of benzene rings is 1. The molecular formula is C14H14N2O4S. The zero-order valence-corrected chi connectivity index (χ0v) is 12.6. The minimum absolute atomic E-state index is 0.0662. The van der Waals surface area contributed by atoms with Gasteiger partial charge in [0.1, 0.15) is 5.75 Å². The summed E-state index contributed by atoms with van der Waals surface area (Å²) in [5, 5.41) is 11.6. The second-order valence-electron chi connectivity index (χ2n) is 4.37. The summed E-state index contributed by atoms with van der Waals surface area (Å²) >= 11 is 1.24. The normalized spacial score (nSPS) is 10.4. The van der Waals surface area contributed by atoms with Crippen LogP contribution in [0.2, 0.25) is 0 Å². The van der Waals surface area contributed by atoms with Gasteiger partial charge in [0, 0.05) is 24.9 Å². The van der Waals surface area contributed by atoms with Gasteiger partial charge in [0.2, 0.25) is 0 Å². The van der Waals surface area contributed by atoms with Crippen molar-refractivity contribution in [2.45, 2.75) is 16.8 Å². The molecular weight excluding hydrogens is 292 g/mol. The maximum Gasteiger partial charge on any atom is 0.302 e. The minimum Gasteiger partial charge on any atom is -0.497 e. The van der Waals surface area contributed by atoms with E-state index in [1.165, 1.54) is 24.8 Å². The molecule has 0 radical (unpaired) electrons. The number of hydrogen-bond donors (Lipinski definition) is 0. The molecule has 6 nitrogen and oxygen atoms in total. The summed E-state index contributed by atoms with van der Waals surface area (Å²) in [6.45, 7) is 1.39. The van der Waals surface area contributed by atoms with Gasteiger partial charge in [0.15, 0.2) is 10.8 Å². The van der Waals surface area contributed by atoms with Crippen LogP contribution >= 0.6 is 11.8 Å². The first kappa shape index (κ1) is 15.1. The van der Waals surface area contributed by atoms with Crippen LogP contribution in [-0.4, -0.2) is 22.4 Å². The van der Waals surface area contributed by atoms with Crippen molar-refractivity contribution in [1.29, 1.82) is 0 Å². The molecule has 0 unspecified atom stereocenters. The molecule has 0 saturated heterocycles. The molecule has 0 amide bonds. The van der Waals surface area contributed by atoms with E-state index in [1.54, 1.807) is 30.9 Å². The van der Waals surface area contributed by atoms with Crippen LogP contribution < -0.4 is 4.74 Å². The Morgan fingerprint density at radius 3 is 2.43 bits per heavy atom. The van der Waals surface area contributed by atoms with E-state index in [4.69, 9.17) is 4.74 Å². The monoisotopic (exact) mass is 306 g/mol. The molecule has 0 fully saturated rings. The van der Waals surface area contributed by atoms with Crippen molar-refractivity contribution < 1.29 is 14.5 Å². The van der Waals surface area contributed by atoms with Gasteiger partial charge in [0.05, 0.1) is 17.7 Å². The zero-order chi connectivity index (χ0) is 15.6. The molecule has 2 aromatic rings. The number of rotatable bonds is 5. The van der Waals surface area contributed by atoms with E-state index in [2.05, 4.69) is 0 Å². The molecule has 0 N–H and O–H groups in total. The summed E-state index contributed by atoms with van der Waals surface area (Å²) in [6, 6.07) is 8.50. The fourth-order valence-electron chi connectivity index (χ4n) is 1.91. The van der Waals surface area contributed by atoms with Gasteiger partial charge in [-0.3, -0.25) is 14.9 Å². The maximum absolute atomic E-state index is 11.5. The first-order valence-electron chi connectivity index (χ1n) is 6.11. The van der Waals surface area contributed by atoms with E-state index in [9.17, 15) is 14.9 Å². The number of aromatic nitrogens is 1. The Bertz CT molecular complexity index is 692. The van der Waals surface area contributed by atoms with E-state index >= 15 is 0 Å². The second-order valence-corrected chi connectivity index (χ2v) is 5.43. The largest absolute Gasteiger partial charge is 0.497 e. The van der Waals surface area contributed by atoms with Gasteiger partial charge in [0.25, 0.3) is 0 Å². The quantitative estimate of drug-likeness (QED) is 0.481. The average molecular weight is 306 g/mol. The number of carbonyl (C=O) groups is 1. The molecule has 0 aliphatic carbocycles. The third kappa shape index (κ3) is 3.08. The number of Topliss-reactive ketones (excluding diaryl/α,β-unsaturated/α-hetero) is 1. The third-order valence-corrected chi connectivity index (χ3v) is 4.17. The maximum atomic E-state index is 11.5. The summed E-state index contributed by atoms with van der Waals surface area (Å²) in [4.78, 5) is 23.0. The lowest BCUT2D eigenvalue weighted by Crippen LogP contribution is -2.02. The molecule has 0 bridgehead atoms. The first-order valence-corrected chi connectivity index (χ1v) is 6.92. The van der Waals surface area contributed by atoms with Crippen molar-refractivity contribution in [3.8, 4) is 5.75 Å². The molecule has 0 aliphatic rings. The molecule has 1 aromatic heterocycles. The Balaban J connectivity index is 2.42. The van der Waals surface area contributed by atoms with Gasteiger partial charge in [-0.1, -0.05) is 11.8 Å². The van der Waals surface area contributed by atoms with Crippen LogP contribution in [0.4, 0.5) is 5.69 Å². The van der Waals surface area contributed by atoms with Crippen LogP contribution in [0.5, 0.6) is 5.75 Å². The van der Waals surface area contributed by atoms with Gasteiger partial charge in [-0.2, -0.15) is 0 Å². The Hall–Kier alpha value is -2.28. The number of carbonyl (C=O) groups excluding carboxylic acids is 1. The topological polar surface area (TPSA) is 74.4 Å². The molecule has 0 aliphatic heterocycles. The van der Waals surface area contributed by atoms with Crippen LogP contribution in [0.1, 0.15) is 17.4 Å². The predicted molar refractivity (Wildman–Crippen MR) is 79.2 cm³/mol. The number of nitrogens with zero attached hydrogens (tertiary/aromatic N) is 2. The summed E-state index contributed by atoms with van der Waals surface area (Å²) < 4.78 is 6.62. The highest BCUT2D eigenvalue weighted by molar-refractivity contribution is 7.99. The zero-order valence-electron chi connectivity index (χ0n) is 11.8. The van der Waals surface area contributed by atoms with E-state index in [0.29, 0.717) is 16.5 Å². The second kappa shape index (κ2) is 6.01. The third-order valence-electron chi connectivity index (χ3n) is 2.99. The number of methoxy groups -OCH3 is 1. The summed E-state index contributed by atoms with van der Waals surface area (Å²) in [6.07, 6.45) is 0. The lowest BCUT2D eigenvalue weighted by Gasteiger charge is -2.06. The van der Waals surface area contributed by atoms with Gasteiger partial charge in [-0.15, -0.1) is 0 Å². The summed E-state index contributed by atoms with van der Waals surface area (Å²) in [5.41, 5.74) is 0.251. The van der Waals surface area contributed by atoms with Crippen LogP contribution in [-0.2, 0) is 7.05 Å². The standard InChI is InChI=1S/C14H14N2O4S/c1-9(17)12-8-13(16(18)19)14(15(12)2)21-11-6-4-10(20-3)5-7-11/h4-8H,1-3H3. The lowest BCUT2D eigenvalue weighted by atomic mass is 10.3. The van der Waals surface area contributed by atoms with Crippen LogP contribution in [0, 0.1) is 10.1 Å². The smallest absolute Gasteiger partial charge is 0.302 e. The molecule has 0 saturated carbocycles. The van der Waals surface area contributed by atoms with Crippen molar-refractivity contribution in [3.63, 3.8) is 0 Å². The Morgan fingerprint density at radius 2 is 1.95 bits per heavy atom. The van der Waals surface area contributed by atoms with E-state index in [-0.39, 0.29) is 11.5 Å². The molecule has 0 atom stereocenters. The van der Waals surface area contributed by atoms with Crippen molar-refractivity contribution in [3.05, 3.63) is 46.1 Å². The number of nitro groups is 1. The lowest BCUT2D eigenvalue weighted by molar-refractivity contribution is -0.387. The highest BCUT2D eigenvalue weighted by Crippen LogP contribution is 2.37. The molecule has 7 heteroatoms. The van der Waals surface area contributed by atoms with Crippen LogP contribution in [0.25, 0.3) is 0 Å². The van der Waals surface area contributed by atoms with E-state index < -0.39 is 4.92 Å². The molecule has 0 spiro atoms. The Labute approximate surface area is 125 Å². The fourth-order valence-corrected chi connectivity index (χ4v) is 2.88. The molecule has 1 heterocycles. The van der Waals surface area contributed by atoms with Gasteiger partial charge in [-0.25, -0.2) is 0 Å². The van der Waals surface area contributed by atoms with E-state index in [0.717, 1.165) is 4.90 Å². The summed E-state index contributed by atoms with van der Waals surface area (Å²) in [7, 11) is 3.22. The van der Waals surface area contributed by atoms with Crippen LogP contribution in [0.15, 0.2) is 40.3 Å². The first-order chi connectivity index (χ1) is 9.93. The number of hydrogen-bond acceptors (Lipinski definition) is 5. The predicted octanol–water partition coefficient (Wildman–Crippen LogP) is 3.30. The Kier molecular flexibility index (Phi) is 4.32. The molecule has 110 valence electrons. The molecule has 1 aromatic carbocycles. The SMILES string of the molecule is COc1ccc(Sc2c([N+](=O)[O-])cc(C(C)=O)n2C)cc1. The minimum atomic E-state index is -0.474. The highest BCUT2D eigenvalue weighted by Gasteiger charge is 2.24. The van der Waals surface area contributed by atoms with Gasteiger partial charge >= 0.3 is 5.69 Å². The molecule has 2 rings (SSSR count). The summed E-state index contributed by atoms with van der Waals surface area (Å²) in [5.74, 6) is 0.507. The van der Waals surface area contributed by atoms with Gasteiger partial charge < -0.3 is 9.30 Å². The number of ether oxygens (including phenoxy) is 1. The van der Waals surface area contributed by atoms with Crippen molar-refractivity contribution in [2.75, 3.05) is 7.11 Å².